The molecule has 0 radical (unpaired) electrons. The summed E-state index contributed by atoms with van der Waals surface area (Å²) in [4.78, 5) is 38.1. The molecule has 1 saturated heterocycles. The number of benzene rings is 1. The first kappa shape index (κ1) is 27.1. The van der Waals surface area contributed by atoms with Crippen molar-refractivity contribution in [2.24, 2.45) is 0 Å². The van der Waals surface area contributed by atoms with Crippen LogP contribution < -0.4 is 14.5 Å². The number of aromatic nitrogens is 2. The standard InChI is InChI=1S/C27H30FN7O5S/c1-32(2)41(39,40)31-21-8-15(11-30-24(21)35-13-16(14-35)33(3)26(37)38)17-9-18-20(10-19(17)28)29-12-22-23(18)27(6-5-7-27)25(36)34(22)4/h8-12,16,31H,5-7,13-14H2,1-4H3,(H,37,38). The van der Waals surface area contributed by atoms with E-state index in [2.05, 4.69) is 14.7 Å². The molecule has 0 unspecified atom stereocenters. The summed E-state index contributed by atoms with van der Waals surface area (Å²) >= 11 is 0. The highest BCUT2D eigenvalue weighted by Gasteiger charge is 2.54. The second kappa shape index (κ2) is 9.24. The fraction of sp³-hybridized carbons (Fsp3) is 0.407. The Kier molecular flexibility index (Phi) is 6.12. The number of carbonyl (C=O) groups excluding carboxylic acids is 1. The highest BCUT2D eigenvalue weighted by Crippen LogP contribution is 2.55. The highest BCUT2D eigenvalue weighted by atomic mass is 32.2. The van der Waals surface area contributed by atoms with Gasteiger partial charge in [0.25, 0.3) is 0 Å². The molecule has 1 aromatic carbocycles. The lowest BCUT2D eigenvalue weighted by atomic mass is 9.64. The average molecular weight is 584 g/mol. The predicted octanol–water partition coefficient (Wildman–Crippen LogP) is 2.85. The van der Waals surface area contributed by atoms with Crippen LogP contribution in [0.1, 0.15) is 24.8 Å². The third kappa shape index (κ3) is 4.07. The SMILES string of the molecule is CN1C(=O)C2(CCC2)c2c1cnc1cc(F)c(-c3cnc(N4CC(N(C)C(=O)O)C4)c(NS(=O)(=O)N(C)C)c3)cc21. The monoisotopic (exact) mass is 583 g/mol. The molecule has 41 heavy (non-hydrogen) atoms. The average Bonchev–Trinajstić information content (AvgIpc) is 3.10. The van der Waals surface area contributed by atoms with Crippen molar-refractivity contribution in [1.29, 1.82) is 0 Å². The summed E-state index contributed by atoms with van der Waals surface area (Å²) in [5, 5.41) is 9.96. The van der Waals surface area contributed by atoms with Crippen LogP contribution in [0.5, 0.6) is 0 Å². The van der Waals surface area contributed by atoms with Crippen LogP contribution in [0.25, 0.3) is 22.0 Å². The molecule has 1 saturated carbocycles. The number of carbonyl (C=O) groups is 2. The third-order valence-electron chi connectivity index (χ3n) is 8.61. The number of likely N-dealkylation sites (N-methyl/N-ethyl adjacent to an activating group) is 2. The summed E-state index contributed by atoms with van der Waals surface area (Å²) in [5.41, 5.74) is 2.04. The molecule has 3 aliphatic rings. The van der Waals surface area contributed by atoms with Crippen LogP contribution in [0.15, 0.2) is 30.6 Å². The van der Waals surface area contributed by atoms with Gasteiger partial charge >= 0.3 is 16.3 Å². The number of fused-ring (bicyclic) bond motifs is 4. The number of rotatable bonds is 6. The summed E-state index contributed by atoms with van der Waals surface area (Å²) in [6, 6.07) is 4.25. The van der Waals surface area contributed by atoms with Gasteiger partial charge in [-0.1, -0.05) is 6.42 Å². The van der Waals surface area contributed by atoms with E-state index in [1.807, 2.05) is 0 Å². The minimum Gasteiger partial charge on any atom is -0.465 e. The van der Waals surface area contributed by atoms with Crippen molar-refractivity contribution in [3.05, 3.63) is 42.0 Å². The van der Waals surface area contributed by atoms with Gasteiger partial charge in [0.05, 0.1) is 34.5 Å². The number of amides is 2. The van der Waals surface area contributed by atoms with E-state index in [0.717, 1.165) is 29.1 Å². The molecular weight excluding hydrogens is 553 g/mol. The van der Waals surface area contributed by atoms with Crippen molar-refractivity contribution in [2.75, 3.05) is 55.8 Å². The zero-order valence-corrected chi connectivity index (χ0v) is 23.9. The predicted molar refractivity (Wildman–Crippen MR) is 152 cm³/mol. The minimum atomic E-state index is -3.94. The summed E-state index contributed by atoms with van der Waals surface area (Å²) in [6.07, 6.45) is 4.39. The van der Waals surface area contributed by atoms with Gasteiger partial charge in [-0.05, 0) is 25.0 Å². The molecule has 0 bridgehead atoms. The van der Waals surface area contributed by atoms with E-state index < -0.39 is 27.5 Å². The molecule has 12 nitrogen and oxygen atoms in total. The Morgan fingerprint density at radius 3 is 2.46 bits per heavy atom. The van der Waals surface area contributed by atoms with E-state index in [0.29, 0.717) is 41.1 Å². The third-order valence-corrected chi connectivity index (χ3v) is 10.0. The van der Waals surface area contributed by atoms with Crippen molar-refractivity contribution >= 4 is 50.3 Å². The number of pyridine rings is 2. The maximum absolute atomic E-state index is 15.6. The Bertz CT molecular complexity index is 1720. The molecule has 6 rings (SSSR count). The topological polar surface area (TPSA) is 139 Å². The summed E-state index contributed by atoms with van der Waals surface area (Å²) in [6.45, 7) is 0.634. The van der Waals surface area contributed by atoms with E-state index in [-0.39, 0.29) is 23.2 Å². The zero-order valence-electron chi connectivity index (χ0n) is 23.0. The number of halogens is 1. The first-order valence-corrected chi connectivity index (χ1v) is 14.6. The van der Waals surface area contributed by atoms with Gasteiger partial charge in [-0.25, -0.2) is 14.2 Å². The minimum absolute atomic E-state index is 0.0201. The Morgan fingerprint density at radius 2 is 1.85 bits per heavy atom. The Balaban J connectivity index is 1.45. The molecular formula is C27H30FN7O5S. The van der Waals surface area contributed by atoms with Crippen molar-refractivity contribution in [3.8, 4) is 11.1 Å². The van der Waals surface area contributed by atoms with Gasteiger partial charge in [-0.2, -0.15) is 12.7 Å². The second-order valence-electron chi connectivity index (χ2n) is 11.1. The lowest BCUT2D eigenvalue weighted by Gasteiger charge is -2.44. The summed E-state index contributed by atoms with van der Waals surface area (Å²) < 4.78 is 44.7. The van der Waals surface area contributed by atoms with E-state index in [9.17, 15) is 23.1 Å². The van der Waals surface area contributed by atoms with Crippen molar-refractivity contribution < 1.29 is 27.5 Å². The van der Waals surface area contributed by atoms with Gasteiger partial charge < -0.3 is 19.8 Å². The van der Waals surface area contributed by atoms with Gasteiger partial charge in [0.1, 0.15) is 5.82 Å². The largest absolute Gasteiger partial charge is 0.465 e. The Morgan fingerprint density at radius 1 is 1.15 bits per heavy atom. The lowest BCUT2D eigenvalue weighted by molar-refractivity contribution is -0.125. The number of hydrogen-bond donors (Lipinski definition) is 2. The quantitative estimate of drug-likeness (QED) is 0.452. The van der Waals surface area contributed by atoms with Crippen LogP contribution in [-0.4, -0.2) is 92.0 Å². The molecule has 1 aliphatic carbocycles. The smallest absolute Gasteiger partial charge is 0.407 e. The van der Waals surface area contributed by atoms with Crippen molar-refractivity contribution in [1.82, 2.24) is 19.2 Å². The molecule has 4 heterocycles. The van der Waals surface area contributed by atoms with Gasteiger partial charge in [0, 0.05) is 75.6 Å². The van der Waals surface area contributed by atoms with Gasteiger partial charge in [0.2, 0.25) is 5.91 Å². The van der Waals surface area contributed by atoms with Crippen LogP contribution in [0.3, 0.4) is 0 Å². The molecule has 2 aliphatic heterocycles. The Hall–Kier alpha value is -4.04. The van der Waals surface area contributed by atoms with E-state index >= 15 is 4.39 Å². The second-order valence-corrected chi connectivity index (χ2v) is 13.0. The van der Waals surface area contributed by atoms with Gasteiger partial charge in [-0.3, -0.25) is 14.5 Å². The van der Waals surface area contributed by atoms with E-state index in [1.165, 1.54) is 44.4 Å². The first-order valence-electron chi connectivity index (χ1n) is 13.2. The fourth-order valence-electron chi connectivity index (χ4n) is 5.90. The number of carboxylic acid groups (broad SMARTS) is 1. The fourth-order valence-corrected chi connectivity index (χ4v) is 6.52. The maximum atomic E-state index is 15.6. The molecule has 14 heteroatoms. The molecule has 2 amide bonds. The van der Waals surface area contributed by atoms with Crippen LogP contribution in [0.4, 0.5) is 26.4 Å². The lowest BCUT2D eigenvalue weighted by Crippen LogP contribution is -2.60. The van der Waals surface area contributed by atoms with E-state index in [1.54, 1.807) is 29.1 Å². The van der Waals surface area contributed by atoms with Crippen LogP contribution in [-0.2, 0) is 20.4 Å². The number of nitrogens with one attached hydrogen (secondary N) is 1. The van der Waals surface area contributed by atoms with Crippen LogP contribution in [0, 0.1) is 5.82 Å². The molecule has 2 N–H and O–H groups in total. The number of nitrogens with zero attached hydrogens (tertiary/aromatic N) is 6. The first-order chi connectivity index (χ1) is 19.3. The summed E-state index contributed by atoms with van der Waals surface area (Å²) in [7, 11) is 2.02. The van der Waals surface area contributed by atoms with Gasteiger partial charge in [0.15, 0.2) is 5.82 Å². The number of anilines is 3. The maximum Gasteiger partial charge on any atom is 0.407 e. The Labute approximate surface area is 236 Å². The van der Waals surface area contributed by atoms with Gasteiger partial charge in [-0.15, -0.1) is 0 Å². The molecule has 3 aromatic rings. The molecule has 0 atom stereocenters. The normalized spacial score (nSPS) is 18.0. The zero-order chi connectivity index (χ0) is 29.4. The number of hydrogen-bond acceptors (Lipinski definition) is 7. The summed E-state index contributed by atoms with van der Waals surface area (Å²) in [5.74, 6) is -0.237. The molecule has 1 spiro atoms. The van der Waals surface area contributed by atoms with Crippen molar-refractivity contribution in [2.45, 2.75) is 30.7 Å². The molecule has 2 aromatic heterocycles. The van der Waals surface area contributed by atoms with Crippen LogP contribution >= 0.6 is 0 Å². The highest BCUT2D eigenvalue weighted by molar-refractivity contribution is 7.90. The van der Waals surface area contributed by atoms with Crippen molar-refractivity contribution in [3.63, 3.8) is 0 Å². The molecule has 2 fully saturated rings. The molecule has 216 valence electrons. The van der Waals surface area contributed by atoms with E-state index in [4.69, 9.17) is 0 Å². The van der Waals surface area contributed by atoms with Crippen LogP contribution in [0.2, 0.25) is 0 Å².